The standard InChI is InChI=1S/C21H25N3O4S/c1-28-20-9-7-18(8-10-20)22-12-14-23(15-13-22)21(25)17-3-5-19(6-4-17)24-11-2-16-29(24,26)27/h3-10H,2,11-16H2,1H3. The number of carbonyl (C=O) groups excluding carboxylic acids is 1. The molecule has 0 bridgehead atoms. The van der Waals surface area contributed by atoms with Crippen LogP contribution in [0.25, 0.3) is 0 Å². The Morgan fingerprint density at radius 1 is 0.862 bits per heavy atom. The Kier molecular flexibility index (Phi) is 5.36. The zero-order chi connectivity index (χ0) is 20.4. The number of hydrogen-bond donors (Lipinski definition) is 0. The van der Waals surface area contributed by atoms with Crippen LogP contribution in [-0.2, 0) is 10.0 Å². The van der Waals surface area contributed by atoms with Gasteiger partial charge in [-0.05, 0) is 55.0 Å². The minimum Gasteiger partial charge on any atom is -0.497 e. The molecule has 0 spiro atoms. The van der Waals surface area contributed by atoms with E-state index in [-0.39, 0.29) is 11.7 Å². The second kappa shape index (κ2) is 7.94. The summed E-state index contributed by atoms with van der Waals surface area (Å²) in [5, 5.41) is 0. The molecule has 2 saturated heterocycles. The second-order valence-electron chi connectivity index (χ2n) is 7.27. The van der Waals surface area contributed by atoms with Crippen molar-refractivity contribution in [2.24, 2.45) is 0 Å². The van der Waals surface area contributed by atoms with Gasteiger partial charge in [0.25, 0.3) is 5.91 Å². The first kappa shape index (κ1) is 19.6. The van der Waals surface area contributed by atoms with Gasteiger partial charge in [0.05, 0.1) is 18.6 Å². The Balaban J connectivity index is 1.38. The number of ether oxygens (including phenoxy) is 1. The topological polar surface area (TPSA) is 70.2 Å². The molecule has 0 aromatic heterocycles. The molecule has 154 valence electrons. The van der Waals surface area contributed by atoms with E-state index in [1.54, 1.807) is 31.4 Å². The van der Waals surface area contributed by atoms with Crippen LogP contribution >= 0.6 is 0 Å². The van der Waals surface area contributed by atoms with Crippen molar-refractivity contribution in [1.29, 1.82) is 0 Å². The molecule has 7 nitrogen and oxygen atoms in total. The highest BCUT2D eigenvalue weighted by molar-refractivity contribution is 7.93. The van der Waals surface area contributed by atoms with Crippen molar-refractivity contribution in [2.45, 2.75) is 6.42 Å². The lowest BCUT2D eigenvalue weighted by molar-refractivity contribution is 0.0747. The molecule has 2 aromatic carbocycles. The third kappa shape index (κ3) is 4.03. The molecular formula is C21H25N3O4S. The summed E-state index contributed by atoms with van der Waals surface area (Å²) < 4.78 is 30.7. The lowest BCUT2D eigenvalue weighted by Gasteiger charge is -2.36. The molecule has 2 aliphatic rings. The molecule has 2 fully saturated rings. The molecule has 0 N–H and O–H groups in total. The van der Waals surface area contributed by atoms with Crippen LogP contribution in [0.15, 0.2) is 48.5 Å². The Morgan fingerprint density at radius 2 is 1.48 bits per heavy atom. The van der Waals surface area contributed by atoms with E-state index in [4.69, 9.17) is 4.74 Å². The van der Waals surface area contributed by atoms with E-state index in [9.17, 15) is 13.2 Å². The van der Waals surface area contributed by atoms with E-state index >= 15 is 0 Å². The van der Waals surface area contributed by atoms with E-state index in [0.29, 0.717) is 37.3 Å². The van der Waals surface area contributed by atoms with Gasteiger partial charge in [0.15, 0.2) is 0 Å². The zero-order valence-corrected chi connectivity index (χ0v) is 17.3. The summed E-state index contributed by atoms with van der Waals surface area (Å²) in [6.45, 7) is 3.33. The zero-order valence-electron chi connectivity index (χ0n) is 16.5. The molecule has 2 aliphatic heterocycles. The molecule has 1 amide bonds. The Morgan fingerprint density at radius 3 is 2.03 bits per heavy atom. The minimum atomic E-state index is -3.21. The number of carbonyl (C=O) groups is 1. The largest absolute Gasteiger partial charge is 0.497 e. The lowest BCUT2D eigenvalue weighted by atomic mass is 10.1. The van der Waals surface area contributed by atoms with Gasteiger partial charge in [0, 0.05) is 44.0 Å². The van der Waals surface area contributed by atoms with Crippen LogP contribution in [-0.4, -0.2) is 64.8 Å². The molecule has 4 rings (SSSR count). The number of methoxy groups -OCH3 is 1. The van der Waals surface area contributed by atoms with Gasteiger partial charge in [0.2, 0.25) is 10.0 Å². The molecule has 0 radical (unpaired) electrons. The molecular weight excluding hydrogens is 390 g/mol. The number of sulfonamides is 1. The van der Waals surface area contributed by atoms with Crippen LogP contribution in [0.2, 0.25) is 0 Å². The first-order chi connectivity index (χ1) is 14.0. The van der Waals surface area contributed by atoms with Crippen LogP contribution in [0.4, 0.5) is 11.4 Å². The fraction of sp³-hybridized carbons (Fsp3) is 0.381. The number of amides is 1. The summed E-state index contributed by atoms with van der Waals surface area (Å²) >= 11 is 0. The maximum Gasteiger partial charge on any atom is 0.253 e. The fourth-order valence-corrected chi connectivity index (χ4v) is 5.41. The quantitative estimate of drug-likeness (QED) is 0.766. The number of anilines is 2. The minimum absolute atomic E-state index is 0.0183. The van der Waals surface area contributed by atoms with E-state index in [1.807, 2.05) is 29.2 Å². The normalized spacial score (nSPS) is 18.7. The van der Waals surface area contributed by atoms with Crippen molar-refractivity contribution < 1.29 is 17.9 Å². The molecule has 8 heteroatoms. The van der Waals surface area contributed by atoms with Gasteiger partial charge in [-0.15, -0.1) is 0 Å². The van der Waals surface area contributed by atoms with Crippen molar-refractivity contribution in [3.05, 3.63) is 54.1 Å². The summed E-state index contributed by atoms with van der Waals surface area (Å²) in [5.41, 5.74) is 2.33. The van der Waals surface area contributed by atoms with E-state index < -0.39 is 10.0 Å². The summed E-state index contributed by atoms with van der Waals surface area (Å²) in [6.07, 6.45) is 0.640. The van der Waals surface area contributed by atoms with E-state index in [1.165, 1.54) is 4.31 Å². The van der Waals surface area contributed by atoms with Crippen LogP contribution in [0.1, 0.15) is 16.8 Å². The highest BCUT2D eigenvalue weighted by Gasteiger charge is 2.29. The van der Waals surface area contributed by atoms with E-state index in [2.05, 4.69) is 4.90 Å². The molecule has 0 aliphatic carbocycles. The second-order valence-corrected chi connectivity index (χ2v) is 9.28. The van der Waals surface area contributed by atoms with Gasteiger partial charge in [-0.25, -0.2) is 8.42 Å². The van der Waals surface area contributed by atoms with Gasteiger partial charge >= 0.3 is 0 Å². The number of nitrogens with zero attached hydrogens (tertiary/aromatic N) is 3. The number of piperazine rings is 1. The molecule has 29 heavy (non-hydrogen) atoms. The maximum atomic E-state index is 12.8. The third-order valence-corrected chi connectivity index (χ3v) is 7.38. The van der Waals surface area contributed by atoms with Gasteiger partial charge in [0.1, 0.15) is 5.75 Å². The summed E-state index contributed by atoms with van der Waals surface area (Å²) in [6, 6.07) is 14.8. The monoisotopic (exact) mass is 415 g/mol. The van der Waals surface area contributed by atoms with Crippen LogP contribution in [0, 0.1) is 0 Å². The molecule has 0 saturated carbocycles. The van der Waals surface area contributed by atoms with Gasteiger partial charge in [-0.3, -0.25) is 9.10 Å². The third-order valence-electron chi connectivity index (χ3n) is 5.51. The smallest absolute Gasteiger partial charge is 0.253 e. The summed E-state index contributed by atoms with van der Waals surface area (Å²) in [5.74, 6) is 0.995. The predicted molar refractivity (Wildman–Crippen MR) is 113 cm³/mol. The molecule has 2 heterocycles. The Bertz CT molecular complexity index is 966. The molecule has 0 unspecified atom stereocenters. The molecule has 2 aromatic rings. The first-order valence-electron chi connectivity index (χ1n) is 9.77. The summed E-state index contributed by atoms with van der Waals surface area (Å²) in [7, 11) is -1.56. The van der Waals surface area contributed by atoms with Crippen LogP contribution in [0.5, 0.6) is 5.75 Å². The van der Waals surface area contributed by atoms with Crippen molar-refractivity contribution in [3.8, 4) is 5.75 Å². The van der Waals surface area contributed by atoms with Crippen molar-refractivity contribution in [3.63, 3.8) is 0 Å². The lowest BCUT2D eigenvalue weighted by Crippen LogP contribution is -2.48. The average molecular weight is 416 g/mol. The van der Waals surface area contributed by atoms with Crippen molar-refractivity contribution in [2.75, 3.05) is 54.8 Å². The first-order valence-corrected chi connectivity index (χ1v) is 11.4. The number of rotatable bonds is 4. The highest BCUT2D eigenvalue weighted by atomic mass is 32.2. The average Bonchev–Trinajstić information content (AvgIpc) is 3.12. The predicted octanol–water partition coefficient (Wildman–Crippen LogP) is 2.20. The van der Waals surface area contributed by atoms with Gasteiger partial charge < -0.3 is 14.5 Å². The molecule has 0 atom stereocenters. The van der Waals surface area contributed by atoms with Crippen LogP contribution in [0.3, 0.4) is 0 Å². The van der Waals surface area contributed by atoms with Crippen molar-refractivity contribution in [1.82, 2.24) is 4.90 Å². The summed E-state index contributed by atoms with van der Waals surface area (Å²) in [4.78, 5) is 16.9. The SMILES string of the molecule is COc1ccc(N2CCN(C(=O)c3ccc(N4CCCS4(=O)=O)cc3)CC2)cc1. The highest BCUT2D eigenvalue weighted by Crippen LogP contribution is 2.25. The van der Waals surface area contributed by atoms with Gasteiger partial charge in [-0.2, -0.15) is 0 Å². The van der Waals surface area contributed by atoms with Crippen LogP contribution < -0.4 is 13.9 Å². The van der Waals surface area contributed by atoms with Crippen molar-refractivity contribution >= 4 is 27.3 Å². The Hall–Kier alpha value is -2.74. The number of benzene rings is 2. The maximum absolute atomic E-state index is 12.8. The van der Waals surface area contributed by atoms with Gasteiger partial charge in [-0.1, -0.05) is 0 Å². The Labute approximate surface area is 171 Å². The number of hydrogen-bond acceptors (Lipinski definition) is 5. The van der Waals surface area contributed by atoms with E-state index in [0.717, 1.165) is 24.5 Å². The fourth-order valence-electron chi connectivity index (χ4n) is 3.84.